The Morgan fingerprint density at radius 2 is 1.94 bits per heavy atom. The SMILES string of the molecule is C=C1Cn2c([n+](C)c3c(C)nccc32)-c2c(ccc3c2oc2ccccc23)CCC(C)(C2C=CC=CC2)C1N(C)/C=C(\CC)[Si](C)(C)C. The summed E-state index contributed by atoms with van der Waals surface area (Å²) in [5.74, 6) is 1.54. The number of allylic oxidation sites excluding steroid dienone is 5. The predicted octanol–water partition coefficient (Wildman–Crippen LogP) is 9.85. The van der Waals surface area contributed by atoms with E-state index >= 15 is 0 Å². The highest BCUT2D eigenvalue weighted by molar-refractivity contribution is 6.83. The van der Waals surface area contributed by atoms with E-state index in [0.29, 0.717) is 12.5 Å². The van der Waals surface area contributed by atoms with Crippen molar-refractivity contribution in [3.05, 3.63) is 108 Å². The number of imidazole rings is 1. The van der Waals surface area contributed by atoms with Crippen LogP contribution in [0.4, 0.5) is 0 Å². The molecule has 3 aromatic heterocycles. The Bertz CT molecular complexity index is 2160. The summed E-state index contributed by atoms with van der Waals surface area (Å²) < 4.78 is 11.7. The number of aryl methyl sites for hydroxylation is 3. The molecule has 3 unspecified atom stereocenters. The number of benzene rings is 2. The minimum atomic E-state index is -1.51. The van der Waals surface area contributed by atoms with E-state index in [0.717, 1.165) is 64.7 Å². The van der Waals surface area contributed by atoms with Gasteiger partial charge in [-0.25, -0.2) is 9.13 Å². The van der Waals surface area contributed by atoms with Crippen molar-refractivity contribution in [2.75, 3.05) is 7.05 Å². The van der Waals surface area contributed by atoms with Crippen LogP contribution in [0.15, 0.2) is 101 Å². The second-order valence-corrected chi connectivity index (χ2v) is 20.6. The summed E-state index contributed by atoms with van der Waals surface area (Å²) >= 11 is 0. The van der Waals surface area contributed by atoms with Crippen molar-refractivity contribution in [2.24, 2.45) is 18.4 Å². The molecule has 7 rings (SSSR count). The highest BCUT2D eigenvalue weighted by atomic mass is 28.3. The molecule has 0 bridgehead atoms. The zero-order valence-electron chi connectivity index (χ0n) is 30.1. The molecule has 0 fully saturated rings. The van der Waals surface area contributed by atoms with E-state index in [-0.39, 0.29) is 11.5 Å². The van der Waals surface area contributed by atoms with Crippen molar-refractivity contribution in [3.63, 3.8) is 0 Å². The van der Waals surface area contributed by atoms with Gasteiger partial charge < -0.3 is 9.32 Å². The number of para-hydroxylation sites is 1. The molecule has 2 aromatic carbocycles. The van der Waals surface area contributed by atoms with Gasteiger partial charge in [-0.05, 0) is 67.3 Å². The minimum absolute atomic E-state index is 0.0812. The second-order valence-electron chi connectivity index (χ2n) is 15.5. The van der Waals surface area contributed by atoms with E-state index in [1.165, 1.54) is 22.2 Å². The molecule has 1 aliphatic heterocycles. The van der Waals surface area contributed by atoms with Crippen LogP contribution in [0.5, 0.6) is 0 Å². The molecule has 0 saturated heterocycles. The summed E-state index contributed by atoms with van der Waals surface area (Å²) in [7, 11) is 3.00. The van der Waals surface area contributed by atoms with Gasteiger partial charge in [-0.2, -0.15) is 0 Å². The number of nitrogens with zero attached hydrogens (tertiary/aromatic N) is 4. The molecule has 6 heteroatoms. The summed E-state index contributed by atoms with van der Waals surface area (Å²) in [4.78, 5) is 7.30. The molecule has 248 valence electrons. The lowest BCUT2D eigenvalue weighted by Gasteiger charge is -2.48. The number of hydrogen-bond acceptors (Lipinski definition) is 3. The van der Waals surface area contributed by atoms with E-state index in [9.17, 15) is 0 Å². The molecule has 0 amide bonds. The van der Waals surface area contributed by atoms with E-state index in [1.807, 2.05) is 6.20 Å². The quantitative estimate of drug-likeness (QED) is 0.107. The summed E-state index contributed by atoms with van der Waals surface area (Å²) in [5, 5.41) is 3.91. The first-order chi connectivity index (χ1) is 22.9. The number of pyridine rings is 1. The molecule has 0 saturated carbocycles. The molecule has 0 radical (unpaired) electrons. The van der Waals surface area contributed by atoms with Gasteiger partial charge in [0.2, 0.25) is 0 Å². The van der Waals surface area contributed by atoms with Crippen LogP contribution in [0.2, 0.25) is 19.6 Å². The van der Waals surface area contributed by atoms with Gasteiger partial charge in [-0.15, -0.1) is 0 Å². The molecule has 5 aromatic rings. The molecule has 48 heavy (non-hydrogen) atoms. The normalized spacial score (nSPS) is 22.0. The van der Waals surface area contributed by atoms with Crippen LogP contribution in [-0.2, 0) is 20.0 Å². The first kappa shape index (κ1) is 32.4. The van der Waals surface area contributed by atoms with Crippen LogP contribution in [0.25, 0.3) is 44.4 Å². The van der Waals surface area contributed by atoms with Crippen LogP contribution in [0.3, 0.4) is 0 Å². The van der Waals surface area contributed by atoms with Crippen molar-refractivity contribution in [3.8, 4) is 11.4 Å². The maximum Gasteiger partial charge on any atom is 0.294 e. The minimum Gasteiger partial charge on any atom is -0.455 e. The van der Waals surface area contributed by atoms with Crippen molar-refractivity contribution in [1.82, 2.24) is 14.5 Å². The van der Waals surface area contributed by atoms with E-state index < -0.39 is 8.07 Å². The van der Waals surface area contributed by atoms with Crippen LogP contribution >= 0.6 is 0 Å². The maximum absolute atomic E-state index is 6.80. The number of fused-ring (bicyclic) bond motifs is 9. The molecule has 0 spiro atoms. The predicted molar refractivity (Wildman–Crippen MR) is 204 cm³/mol. The zero-order valence-corrected chi connectivity index (χ0v) is 31.1. The van der Waals surface area contributed by atoms with Gasteiger partial charge in [0.15, 0.2) is 16.6 Å². The van der Waals surface area contributed by atoms with Crippen LogP contribution in [-0.4, -0.2) is 35.6 Å². The van der Waals surface area contributed by atoms with Gasteiger partial charge in [-0.1, -0.05) is 99.9 Å². The summed E-state index contributed by atoms with van der Waals surface area (Å²) in [6, 6.07) is 15.4. The van der Waals surface area contributed by atoms with Crippen molar-refractivity contribution in [1.29, 1.82) is 0 Å². The lowest BCUT2D eigenvalue weighted by atomic mass is 9.63. The Morgan fingerprint density at radius 1 is 1.15 bits per heavy atom. The molecule has 0 N–H and O–H groups in total. The van der Waals surface area contributed by atoms with Gasteiger partial charge in [0.1, 0.15) is 17.7 Å². The molecule has 1 aliphatic carbocycles. The Hall–Kier alpha value is -4.16. The van der Waals surface area contributed by atoms with Gasteiger partial charge in [-0.3, -0.25) is 4.98 Å². The third-order valence-electron chi connectivity index (χ3n) is 11.4. The van der Waals surface area contributed by atoms with E-state index in [2.05, 4.69) is 142 Å². The molecule has 4 heterocycles. The first-order valence-electron chi connectivity index (χ1n) is 17.7. The largest absolute Gasteiger partial charge is 0.455 e. The number of likely N-dealkylation sites (N-methyl/N-ethyl adjacent to an activating group) is 1. The smallest absolute Gasteiger partial charge is 0.294 e. The first-order valence-corrected chi connectivity index (χ1v) is 21.2. The van der Waals surface area contributed by atoms with Crippen LogP contribution in [0, 0.1) is 18.3 Å². The highest BCUT2D eigenvalue weighted by Gasteiger charge is 2.45. The van der Waals surface area contributed by atoms with Crippen molar-refractivity contribution in [2.45, 2.75) is 78.7 Å². The molecule has 2 aliphatic rings. The van der Waals surface area contributed by atoms with Crippen molar-refractivity contribution >= 4 is 41.0 Å². The summed E-state index contributed by atoms with van der Waals surface area (Å²) in [6.45, 7) is 20.1. The Labute approximate surface area is 287 Å². The lowest BCUT2D eigenvalue weighted by Crippen LogP contribution is -2.49. The van der Waals surface area contributed by atoms with Crippen molar-refractivity contribution < 1.29 is 8.98 Å². The average molecular weight is 656 g/mol. The zero-order chi connectivity index (χ0) is 34.0. The van der Waals surface area contributed by atoms with Gasteiger partial charge in [0, 0.05) is 30.1 Å². The Morgan fingerprint density at radius 3 is 2.67 bits per heavy atom. The molecular weight excluding hydrogens is 605 g/mol. The third-order valence-corrected chi connectivity index (χ3v) is 13.8. The van der Waals surface area contributed by atoms with E-state index in [4.69, 9.17) is 16.0 Å². The van der Waals surface area contributed by atoms with Crippen LogP contribution < -0.4 is 4.57 Å². The third kappa shape index (κ3) is 5.20. The Kier molecular flexibility index (Phi) is 8.14. The summed E-state index contributed by atoms with van der Waals surface area (Å²) in [5.41, 5.74) is 8.92. The topological polar surface area (TPSA) is 38.1 Å². The monoisotopic (exact) mass is 655 g/mol. The molecule has 5 nitrogen and oxygen atoms in total. The number of rotatable bonds is 5. The fourth-order valence-electron chi connectivity index (χ4n) is 8.97. The summed E-state index contributed by atoms with van der Waals surface area (Å²) in [6.07, 6.45) is 17.8. The fourth-order valence-corrected chi connectivity index (χ4v) is 10.6. The fraction of sp³-hybridized carbons (Fsp3) is 0.381. The molecule has 3 atom stereocenters. The van der Waals surface area contributed by atoms with Crippen LogP contribution in [0.1, 0.15) is 44.4 Å². The highest BCUT2D eigenvalue weighted by Crippen LogP contribution is 2.48. The standard InChI is InChI=1S/C42H51N4OSi/c1-10-32(48(7,8)9)27-44(5)40-28(2)26-46-35-23-25-43-29(3)38(35)45(6)41(46)37-30(22-24-42(40,4)31-16-12-11-13-17-31)20-21-34-33-18-14-15-19-36(33)47-39(34)37/h11-16,18-21,23,25,27,31,40H,2,10,17,22,24,26H2,1,3-9H3/q+1/b32-27+. The second kappa shape index (κ2) is 12.1. The maximum atomic E-state index is 6.80. The Balaban J connectivity index is 1.52. The lowest BCUT2D eigenvalue weighted by molar-refractivity contribution is -0.634. The van der Waals surface area contributed by atoms with E-state index in [1.54, 1.807) is 5.20 Å². The van der Waals surface area contributed by atoms with Gasteiger partial charge >= 0.3 is 0 Å². The number of hydrogen-bond donors (Lipinski definition) is 0. The number of aromatic nitrogens is 3. The van der Waals surface area contributed by atoms with Gasteiger partial charge in [0.25, 0.3) is 5.82 Å². The number of furan rings is 1. The molecular formula is C42H51N4OSi+. The average Bonchev–Trinajstić information content (AvgIpc) is 3.57. The van der Waals surface area contributed by atoms with Gasteiger partial charge in [0.05, 0.1) is 26.9 Å².